The summed E-state index contributed by atoms with van der Waals surface area (Å²) in [6.45, 7) is 2.87. The van der Waals surface area contributed by atoms with E-state index in [1.807, 2.05) is 24.3 Å². The van der Waals surface area contributed by atoms with Crippen LogP contribution in [0, 0.1) is 9.49 Å². The molecule has 17 heavy (non-hydrogen) atoms. The second-order valence-corrected chi connectivity index (χ2v) is 5.14. The van der Waals surface area contributed by atoms with Crippen LogP contribution in [-0.4, -0.2) is 24.2 Å². The van der Waals surface area contributed by atoms with E-state index in [1.165, 1.54) is 0 Å². The van der Waals surface area contributed by atoms with Gasteiger partial charge in [-0.1, -0.05) is 25.5 Å². The Morgan fingerprint density at radius 3 is 2.76 bits per heavy atom. The quantitative estimate of drug-likeness (QED) is 0.777. The van der Waals surface area contributed by atoms with Gasteiger partial charge >= 0.3 is 0 Å². The maximum atomic E-state index is 11.9. The lowest BCUT2D eigenvalue weighted by Crippen LogP contribution is -2.30. The molecule has 0 bridgehead atoms. The van der Waals surface area contributed by atoms with Gasteiger partial charge in [0.25, 0.3) is 5.91 Å². The van der Waals surface area contributed by atoms with Crippen molar-refractivity contribution in [1.29, 1.82) is 0 Å². The first-order chi connectivity index (χ1) is 8.19. The number of rotatable bonds is 6. The van der Waals surface area contributed by atoms with Crippen LogP contribution in [0.25, 0.3) is 0 Å². The van der Waals surface area contributed by atoms with E-state index in [0.717, 1.165) is 16.4 Å². The second kappa shape index (κ2) is 7.66. The molecule has 1 unspecified atom stereocenters. The van der Waals surface area contributed by atoms with E-state index in [-0.39, 0.29) is 12.5 Å². The fourth-order valence-electron chi connectivity index (χ4n) is 1.61. The molecule has 0 aromatic heterocycles. The first-order valence-electron chi connectivity index (χ1n) is 5.82. The van der Waals surface area contributed by atoms with Crippen molar-refractivity contribution in [2.24, 2.45) is 5.92 Å². The molecule has 94 valence electrons. The molecule has 1 atom stereocenters. The standard InChI is InChI=1S/C13H18INO2/c1-2-10(7-8-16)9-15-13(17)11-5-3-4-6-12(11)14/h3-6,10,16H,2,7-9H2,1H3,(H,15,17). The molecule has 4 heteroatoms. The van der Waals surface area contributed by atoms with E-state index in [1.54, 1.807) is 0 Å². The summed E-state index contributed by atoms with van der Waals surface area (Å²) in [4.78, 5) is 11.9. The number of aliphatic hydroxyl groups is 1. The van der Waals surface area contributed by atoms with E-state index in [2.05, 4.69) is 34.8 Å². The van der Waals surface area contributed by atoms with E-state index in [4.69, 9.17) is 5.11 Å². The molecule has 1 aromatic carbocycles. The lowest BCUT2D eigenvalue weighted by Gasteiger charge is -2.14. The van der Waals surface area contributed by atoms with Crippen LogP contribution in [0.2, 0.25) is 0 Å². The number of halogens is 1. The molecule has 1 rings (SSSR count). The molecule has 0 aliphatic heterocycles. The number of carbonyl (C=O) groups excluding carboxylic acids is 1. The summed E-state index contributed by atoms with van der Waals surface area (Å²) in [5.74, 6) is 0.316. The molecular weight excluding hydrogens is 329 g/mol. The minimum Gasteiger partial charge on any atom is -0.396 e. The third-order valence-corrected chi connectivity index (χ3v) is 3.73. The summed E-state index contributed by atoms with van der Waals surface area (Å²) in [6, 6.07) is 7.52. The lowest BCUT2D eigenvalue weighted by atomic mass is 10.0. The summed E-state index contributed by atoms with van der Waals surface area (Å²) in [5, 5.41) is 11.8. The highest BCUT2D eigenvalue weighted by Crippen LogP contribution is 2.12. The predicted molar refractivity (Wildman–Crippen MR) is 77.0 cm³/mol. The summed E-state index contributed by atoms with van der Waals surface area (Å²) < 4.78 is 0.956. The Morgan fingerprint density at radius 2 is 2.18 bits per heavy atom. The summed E-state index contributed by atoms with van der Waals surface area (Å²) in [5.41, 5.74) is 0.715. The van der Waals surface area contributed by atoms with Crippen LogP contribution in [0.15, 0.2) is 24.3 Å². The lowest BCUT2D eigenvalue weighted by molar-refractivity contribution is 0.0942. The molecule has 2 N–H and O–H groups in total. The van der Waals surface area contributed by atoms with Crippen LogP contribution < -0.4 is 5.32 Å². The van der Waals surface area contributed by atoms with Gasteiger partial charge in [-0.2, -0.15) is 0 Å². The Kier molecular flexibility index (Phi) is 6.50. The van der Waals surface area contributed by atoms with Crippen molar-refractivity contribution < 1.29 is 9.90 Å². The number of carbonyl (C=O) groups is 1. The third kappa shape index (κ3) is 4.63. The van der Waals surface area contributed by atoms with E-state index in [0.29, 0.717) is 18.0 Å². The Balaban J connectivity index is 2.52. The molecule has 0 fully saturated rings. The van der Waals surface area contributed by atoms with Gasteiger partial charge in [-0.15, -0.1) is 0 Å². The summed E-state index contributed by atoms with van der Waals surface area (Å²) in [6.07, 6.45) is 1.70. The van der Waals surface area contributed by atoms with E-state index >= 15 is 0 Å². The number of hydrogen-bond acceptors (Lipinski definition) is 2. The Labute approximate surface area is 116 Å². The number of benzene rings is 1. The van der Waals surface area contributed by atoms with Gasteiger partial charge in [0.2, 0.25) is 0 Å². The third-order valence-electron chi connectivity index (χ3n) is 2.78. The van der Waals surface area contributed by atoms with Gasteiger partial charge in [-0.3, -0.25) is 4.79 Å². The molecule has 0 radical (unpaired) electrons. The summed E-state index contributed by atoms with van der Waals surface area (Å²) in [7, 11) is 0. The molecule has 0 saturated carbocycles. The van der Waals surface area contributed by atoms with Crippen LogP contribution in [0.1, 0.15) is 30.1 Å². The van der Waals surface area contributed by atoms with Crippen molar-refractivity contribution in [3.05, 3.63) is 33.4 Å². The zero-order chi connectivity index (χ0) is 12.7. The van der Waals surface area contributed by atoms with Gasteiger partial charge < -0.3 is 10.4 Å². The van der Waals surface area contributed by atoms with Gasteiger partial charge in [0, 0.05) is 16.7 Å². The maximum absolute atomic E-state index is 11.9. The van der Waals surface area contributed by atoms with Crippen molar-refractivity contribution in [2.45, 2.75) is 19.8 Å². The fourth-order valence-corrected chi connectivity index (χ4v) is 2.24. The van der Waals surface area contributed by atoms with E-state index in [9.17, 15) is 4.79 Å². The Hall–Kier alpha value is -0.620. The topological polar surface area (TPSA) is 49.3 Å². The van der Waals surface area contributed by atoms with Gasteiger partial charge in [-0.25, -0.2) is 0 Å². The molecule has 3 nitrogen and oxygen atoms in total. The second-order valence-electron chi connectivity index (χ2n) is 3.98. The minimum absolute atomic E-state index is 0.0358. The molecule has 0 heterocycles. The van der Waals surface area contributed by atoms with Crippen molar-refractivity contribution in [3.63, 3.8) is 0 Å². The molecule has 1 aromatic rings. The average molecular weight is 347 g/mol. The average Bonchev–Trinajstić information content (AvgIpc) is 2.34. The monoisotopic (exact) mass is 347 g/mol. The van der Waals surface area contributed by atoms with Crippen LogP contribution >= 0.6 is 22.6 Å². The van der Waals surface area contributed by atoms with Gasteiger partial charge in [0.05, 0.1) is 5.56 Å². The first kappa shape index (κ1) is 14.4. The minimum atomic E-state index is -0.0358. The van der Waals surface area contributed by atoms with Crippen LogP contribution in [0.5, 0.6) is 0 Å². The zero-order valence-corrected chi connectivity index (χ0v) is 12.1. The zero-order valence-electron chi connectivity index (χ0n) is 9.95. The van der Waals surface area contributed by atoms with Crippen molar-refractivity contribution in [2.75, 3.05) is 13.2 Å². The highest BCUT2D eigenvalue weighted by Gasteiger charge is 2.11. The molecule has 0 saturated heterocycles. The highest BCUT2D eigenvalue weighted by molar-refractivity contribution is 14.1. The van der Waals surface area contributed by atoms with Gasteiger partial charge in [-0.05, 0) is 47.1 Å². The molecule has 1 amide bonds. The van der Waals surface area contributed by atoms with Crippen molar-refractivity contribution in [3.8, 4) is 0 Å². The van der Waals surface area contributed by atoms with Crippen molar-refractivity contribution >= 4 is 28.5 Å². The smallest absolute Gasteiger partial charge is 0.252 e. The normalized spacial score (nSPS) is 12.2. The first-order valence-corrected chi connectivity index (χ1v) is 6.90. The van der Waals surface area contributed by atoms with Crippen LogP contribution in [0.3, 0.4) is 0 Å². The highest BCUT2D eigenvalue weighted by atomic mass is 127. The molecule has 0 aliphatic carbocycles. The molecule has 0 spiro atoms. The number of nitrogens with one attached hydrogen (secondary N) is 1. The largest absolute Gasteiger partial charge is 0.396 e. The SMILES string of the molecule is CCC(CCO)CNC(=O)c1ccccc1I. The van der Waals surface area contributed by atoms with Crippen LogP contribution in [0.4, 0.5) is 0 Å². The maximum Gasteiger partial charge on any atom is 0.252 e. The Bertz CT molecular complexity index is 368. The number of amides is 1. The van der Waals surface area contributed by atoms with E-state index < -0.39 is 0 Å². The molecule has 0 aliphatic rings. The predicted octanol–water partition coefficient (Wildman–Crippen LogP) is 2.43. The summed E-state index contributed by atoms with van der Waals surface area (Å²) >= 11 is 2.16. The number of hydrogen-bond donors (Lipinski definition) is 2. The Morgan fingerprint density at radius 1 is 1.47 bits per heavy atom. The molecular formula is C13H18INO2. The van der Waals surface area contributed by atoms with Gasteiger partial charge in [0.15, 0.2) is 0 Å². The van der Waals surface area contributed by atoms with Crippen LogP contribution in [-0.2, 0) is 0 Å². The number of aliphatic hydroxyl groups excluding tert-OH is 1. The van der Waals surface area contributed by atoms with Gasteiger partial charge in [0.1, 0.15) is 0 Å². The fraction of sp³-hybridized carbons (Fsp3) is 0.462. The van der Waals surface area contributed by atoms with Crippen molar-refractivity contribution in [1.82, 2.24) is 5.32 Å².